The molecule has 0 N–H and O–H groups in total. The molecule has 0 bridgehead atoms. The van der Waals surface area contributed by atoms with Crippen LogP contribution in [0.3, 0.4) is 0 Å². The molecule has 4 aromatic rings. The van der Waals surface area contributed by atoms with Gasteiger partial charge in [-0.2, -0.15) is 0 Å². The average molecular weight is 432 g/mol. The Hall–Kier alpha value is -3.47. The Kier molecular flexibility index (Phi) is 6.64. The van der Waals surface area contributed by atoms with Crippen molar-refractivity contribution in [3.8, 4) is 11.3 Å². The molecule has 1 heterocycles. The average Bonchev–Trinajstić information content (AvgIpc) is 2.79. The fourth-order valence-electron chi connectivity index (χ4n) is 3.85. The van der Waals surface area contributed by atoms with Crippen LogP contribution in [0.4, 0.5) is 13.2 Å². The van der Waals surface area contributed by atoms with E-state index in [1.165, 1.54) is 5.56 Å². The molecule has 1 atom stereocenters. The highest BCUT2D eigenvalue weighted by molar-refractivity contribution is 5.58. The zero-order valence-electron chi connectivity index (χ0n) is 17.7. The predicted octanol–water partition coefficient (Wildman–Crippen LogP) is 6.57. The van der Waals surface area contributed by atoms with Gasteiger partial charge in [0.15, 0.2) is 11.6 Å². The summed E-state index contributed by atoms with van der Waals surface area (Å²) in [4.78, 5) is 9.36. The fraction of sp³-hybridized carbons (Fsp3) is 0.185. The number of hydrogen-bond donors (Lipinski definition) is 0. The van der Waals surface area contributed by atoms with Crippen LogP contribution in [-0.2, 0) is 19.3 Å². The van der Waals surface area contributed by atoms with Gasteiger partial charge in [-0.1, -0.05) is 67.6 Å². The van der Waals surface area contributed by atoms with Crippen molar-refractivity contribution in [1.29, 1.82) is 0 Å². The molecule has 4 rings (SSSR count). The highest BCUT2D eigenvalue weighted by Gasteiger charge is 2.18. The lowest BCUT2D eigenvalue weighted by Gasteiger charge is -2.15. The molecule has 1 unspecified atom stereocenters. The molecule has 0 fully saturated rings. The monoisotopic (exact) mass is 432 g/mol. The second kappa shape index (κ2) is 9.77. The van der Waals surface area contributed by atoms with Crippen molar-refractivity contribution in [2.24, 2.45) is 5.92 Å². The number of rotatable bonds is 7. The lowest BCUT2D eigenvalue weighted by atomic mass is 9.94. The summed E-state index contributed by atoms with van der Waals surface area (Å²) in [6.45, 7) is 2.12. The number of hydrogen-bond acceptors (Lipinski definition) is 2. The first-order valence-electron chi connectivity index (χ1n) is 10.6. The maximum absolute atomic E-state index is 14.4. The first-order valence-corrected chi connectivity index (χ1v) is 10.6. The van der Waals surface area contributed by atoms with E-state index in [2.05, 4.69) is 24.0 Å². The predicted molar refractivity (Wildman–Crippen MR) is 120 cm³/mol. The van der Waals surface area contributed by atoms with E-state index < -0.39 is 17.5 Å². The van der Waals surface area contributed by atoms with Crippen molar-refractivity contribution in [2.75, 3.05) is 0 Å². The molecule has 0 saturated heterocycles. The van der Waals surface area contributed by atoms with Crippen LogP contribution in [0.15, 0.2) is 79.0 Å². The summed E-state index contributed by atoms with van der Waals surface area (Å²) >= 11 is 0. The lowest BCUT2D eigenvalue weighted by Crippen LogP contribution is -2.11. The summed E-state index contributed by atoms with van der Waals surface area (Å²) in [6, 6.07) is 21.2. The van der Waals surface area contributed by atoms with Crippen LogP contribution in [0, 0.1) is 23.4 Å². The molecule has 0 aliphatic carbocycles. The number of benzene rings is 3. The topological polar surface area (TPSA) is 25.8 Å². The minimum Gasteiger partial charge on any atom is -0.257 e. The van der Waals surface area contributed by atoms with Gasteiger partial charge in [-0.15, -0.1) is 0 Å². The van der Waals surface area contributed by atoms with Gasteiger partial charge < -0.3 is 0 Å². The van der Waals surface area contributed by atoms with Gasteiger partial charge in [0.2, 0.25) is 0 Å². The molecule has 2 nitrogen and oxygen atoms in total. The Morgan fingerprint density at radius 1 is 0.812 bits per heavy atom. The van der Waals surface area contributed by atoms with E-state index in [9.17, 15) is 13.2 Å². The van der Waals surface area contributed by atoms with E-state index in [4.69, 9.17) is 4.98 Å². The Labute approximate surface area is 185 Å². The molecule has 0 aliphatic rings. The minimum absolute atomic E-state index is 0.0401. The lowest BCUT2D eigenvalue weighted by molar-refractivity contribution is 0.486. The fourth-order valence-corrected chi connectivity index (χ4v) is 3.85. The number of aromatic nitrogens is 2. The summed E-state index contributed by atoms with van der Waals surface area (Å²) in [7, 11) is 0. The summed E-state index contributed by atoms with van der Waals surface area (Å²) in [5, 5.41) is 0. The Bertz CT molecular complexity index is 1190. The van der Waals surface area contributed by atoms with Gasteiger partial charge in [0, 0.05) is 18.1 Å². The van der Waals surface area contributed by atoms with Crippen LogP contribution in [-0.4, -0.2) is 9.97 Å². The van der Waals surface area contributed by atoms with Crippen LogP contribution >= 0.6 is 0 Å². The minimum atomic E-state index is -1.20. The van der Waals surface area contributed by atoms with Gasteiger partial charge in [-0.05, 0) is 36.0 Å². The highest BCUT2D eigenvalue weighted by Crippen LogP contribution is 2.24. The largest absolute Gasteiger partial charge is 0.257 e. The van der Waals surface area contributed by atoms with E-state index in [0.29, 0.717) is 29.6 Å². The molecule has 162 valence electrons. The van der Waals surface area contributed by atoms with E-state index in [1.807, 2.05) is 48.5 Å². The van der Waals surface area contributed by atoms with Gasteiger partial charge >= 0.3 is 0 Å². The second-order valence-electron chi connectivity index (χ2n) is 8.05. The molecule has 1 aromatic heterocycles. The molecule has 5 heteroatoms. The molecule has 0 amide bonds. The molecular formula is C27H23F3N2. The van der Waals surface area contributed by atoms with Crippen LogP contribution in [0.2, 0.25) is 0 Å². The molecular weight excluding hydrogens is 409 g/mol. The maximum atomic E-state index is 14.4. The standard InChI is InChI=1S/C27H23F3N2/c1-18(12-19-8-4-2-5-9-19)13-24-25(15-21-14-22(28)16-23(29)27(21)30)32-26(17-31-24)20-10-6-3-7-11-20/h2-11,14,16-18H,12-13,15H2,1H3. The quantitative estimate of drug-likeness (QED) is 0.309. The van der Waals surface area contributed by atoms with Crippen molar-refractivity contribution in [3.05, 3.63) is 119 Å². The summed E-state index contributed by atoms with van der Waals surface area (Å²) in [5.41, 5.74) is 3.88. The van der Waals surface area contributed by atoms with E-state index in [0.717, 1.165) is 18.1 Å². The van der Waals surface area contributed by atoms with Crippen LogP contribution < -0.4 is 0 Å². The third-order valence-electron chi connectivity index (χ3n) is 5.40. The molecule has 0 saturated carbocycles. The zero-order valence-corrected chi connectivity index (χ0v) is 17.7. The third kappa shape index (κ3) is 5.22. The Morgan fingerprint density at radius 3 is 2.22 bits per heavy atom. The van der Waals surface area contributed by atoms with Crippen LogP contribution in [0.5, 0.6) is 0 Å². The van der Waals surface area contributed by atoms with Crippen LogP contribution in [0.1, 0.15) is 29.4 Å². The van der Waals surface area contributed by atoms with Gasteiger partial charge in [0.1, 0.15) is 5.82 Å². The summed E-state index contributed by atoms with van der Waals surface area (Å²) < 4.78 is 41.9. The Morgan fingerprint density at radius 2 is 1.50 bits per heavy atom. The molecule has 0 aliphatic heterocycles. The molecule has 0 spiro atoms. The van der Waals surface area contributed by atoms with Crippen molar-refractivity contribution in [1.82, 2.24) is 9.97 Å². The normalized spacial score (nSPS) is 12.0. The van der Waals surface area contributed by atoms with E-state index in [1.54, 1.807) is 6.20 Å². The molecule has 32 heavy (non-hydrogen) atoms. The van der Waals surface area contributed by atoms with Gasteiger partial charge in [0.25, 0.3) is 0 Å². The first kappa shape index (κ1) is 21.8. The number of halogens is 3. The maximum Gasteiger partial charge on any atom is 0.162 e. The third-order valence-corrected chi connectivity index (χ3v) is 5.40. The highest BCUT2D eigenvalue weighted by atomic mass is 19.2. The Balaban J connectivity index is 1.67. The van der Waals surface area contributed by atoms with Gasteiger partial charge in [-0.3, -0.25) is 4.98 Å². The summed E-state index contributed by atoms with van der Waals surface area (Å²) in [6.07, 6.45) is 3.13. The summed E-state index contributed by atoms with van der Waals surface area (Å²) in [5.74, 6) is -2.82. The number of nitrogens with zero attached hydrogens (tertiary/aromatic N) is 2. The van der Waals surface area contributed by atoms with E-state index in [-0.39, 0.29) is 17.9 Å². The second-order valence-corrected chi connectivity index (χ2v) is 8.05. The van der Waals surface area contributed by atoms with Gasteiger partial charge in [0.05, 0.1) is 23.3 Å². The van der Waals surface area contributed by atoms with Crippen molar-refractivity contribution in [3.63, 3.8) is 0 Å². The first-order chi connectivity index (χ1) is 15.5. The van der Waals surface area contributed by atoms with Gasteiger partial charge in [-0.25, -0.2) is 18.2 Å². The van der Waals surface area contributed by atoms with Crippen molar-refractivity contribution < 1.29 is 13.2 Å². The van der Waals surface area contributed by atoms with E-state index >= 15 is 0 Å². The van der Waals surface area contributed by atoms with Crippen molar-refractivity contribution in [2.45, 2.75) is 26.2 Å². The zero-order chi connectivity index (χ0) is 22.5. The molecule has 0 radical (unpaired) electrons. The molecule has 3 aromatic carbocycles. The van der Waals surface area contributed by atoms with Crippen LogP contribution in [0.25, 0.3) is 11.3 Å². The van der Waals surface area contributed by atoms with Crippen molar-refractivity contribution >= 4 is 0 Å². The smallest absolute Gasteiger partial charge is 0.162 e. The SMILES string of the molecule is CC(Cc1ccccc1)Cc1ncc(-c2ccccc2)nc1Cc1cc(F)cc(F)c1F.